The molecule has 0 amide bonds. The smallest absolute Gasteiger partial charge is 0.306 e. The molecule has 0 heterocycles. The van der Waals surface area contributed by atoms with Crippen molar-refractivity contribution < 1.29 is 20.1 Å². The predicted molar refractivity (Wildman–Crippen MR) is 141 cm³/mol. The highest BCUT2D eigenvalue weighted by atomic mass is 16.4. The van der Waals surface area contributed by atoms with E-state index in [1.807, 2.05) is 0 Å². The van der Waals surface area contributed by atoms with E-state index >= 15 is 0 Å². The first kappa shape index (κ1) is 26.7. The van der Waals surface area contributed by atoms with Crippen LogP contribution in [-0.4, -0.2) is 33.5 Å². The van der Waals surface area contributed by atoms with Gasteiger partial charge in [0.15, 0.2) is 0 Å². The van der Waals surface area contributed by atoms with E-state index in [4.69, 9.17) is 0 Å². The molecule has 0 aromatic carbocycles. The van der Waals surface area contributed by atoms with Gasteiger partial charge in [-0.25, -0.2) is 0 Å². The Labute approximate surface area is 212 Å². The summed E-state index contributed by atoms with van der Waals surface area (Å²) in [7, 11) is 0. The second kappa shape index (κ2) is 8.58. The SMILES string of the molecule is C=C(CCC(C(=O)O)[C@H]1[C@H](O)C[C@@]2(C)C3=CC[C@H]4C(C)(C)[C@@H](O)CC[C@]4(C)C3=CC[C@]12C)C(C)C. The van der Waals surface area contributed by atoms with Gasteiger partial charge in [0.1, 0.15) is 0 Å². The Balaban J connectivity index is 1.72. The van der Waals surface area contributed by atoms with Crippen LogP contribution < -0.4 is 0 Å². The monoisotopic (exact) mass is 484 g/mol. The molecule has 0 aromatic rings. The maximum Gasteiger partial charge on any atom is 0.306 e. The van der Waals surface area contributed by atoms with E-state index < -0.39 is 18.0 Å². The van der Waals surface area contributed by atoms with Crippen molar-refractivity contribution in [2.75, 3.05) is 0 Å². The van der Waals surface area contributed by atoms with Crippen LogP contribution in [0.2, 0.25) is 0 Å². The molecule has 1 unspecified atom stereocenters. The van der Waals surface area contributed by atoms with Gasteiger partial charge in [-0.3, -0.25) is 4.79 Å². The lowest BCUT2D eigenvalue weighted by Gasteiger charge is -2.61. The van der Waals surface area contributed by atoms with E-state index in [0.717, 1.165) is 31.3 Å². The number of allylic oxidation sites excluding steroid dienone is 5. The molecule has 0 bridgehead atoms. The van der Waals surface area contributed by atoms with Crippen molar-refractivity contribution in [2.24, 2.45) is 45.3 Å². The molecule has 4 aliphatic carbocycles. The molecule has 4 heteroatoms. The van der Waals surface area contributed by atoms with Crippen molar-refractivity contribution in [1.82, 2.24) is 0 Å². The summed E-state index contributed by atoms with van der Waals surface area (Å²) in [5.41, 5.74) is 3.09. The van der Waals surface area contributed by atoms with Crippen LogP contribution in [0.15, 0.2) is 35.5 Å². The minimum Gasteiger partial charge on any atom is -0.481 e. The van der Waals surface area contributed by atoms with Crippen molar-refractivity contribution in [3.8, 4) is 0 Å². The fourth-order valence-electron chi connectivity index (χ4n) is 8.90. The van der Waals surface area contributed by atoms with Gasteiger partial charge in [-0.1, -0.05) is 72.8 Å². The Morgan fingerprint density at radius 1 is 1.11 bits per heavy atom. The first-order valence-corrected chi connectivity index (χ1v) is 13.8. The molecule has 0 aromatic heterocycles. The van der Waals surface area contributed by atoms with E-state index in [9.17, 15) is 20.1 Å². The van der Waals surface area contributed by atoms with Gasteiger partial charge >= 0.3 is 5.97 Å². The number of carboxylic acids is 1. The highest BCUT2D eigenvalue weighted by Gasteiger charge is 2.66. The molecule has 4 rings (SSSR count). The van der Waals surface area contributed by atoms with Gasteiger partial charge in [0.2, 0.25) is 0 Å². The van der Waals surface area contributed by atoms with Gasteiger partial charge in [0, 0.05) is 11.3 Å². The van der Waals surface area contributed by atoms with E-state index in [0.29, 0.717) is 31.1 Å². The van der Waals surface area contributed by atoms with Crippen LogP contribution in [-0.2, 0) is 4.79 Å². The number of aliphatic hydroxyl groups is 2. The van der Waals surface area contributed by atoms with E-state index in [1.54, 1.807) is 0 Å². The Bertz CT molecular complexity index is 957. The van der Waals surface area contributed by atoms with Gasteiger partial charge in [-0.2, -0.15) is 0 Å². The van der Waals surface area contributed by atoms with Crippen LogP contribution in [0.25, 0.3) is 0 Å². The van der Waals surface area contributed by atoms with Crippen molar-refractivity contribution in [1.29, 1.82) is 0 Å². The summed E-state index contributed by atoms with van der Waals surface area (Å²) in [6.45, 7) is 19.7. The third-order valence-corrected chi connectivity index (χ3v) is 11.6. The molecular formula is C31H48O4. The number of hydrogen-bond donors (Lipinski definition) is 3. The van der Waals surface area contributed by atoms with Crippen LogP contribution in [0.4, 0.5) is 0 Å². The third kappa shape index (κ3) is 3.72. The molecule has 2 fully saturated rings. The standard InChI is InChI=1S/C31H48O4/c1-18(2)19(3)9-10-20(27(34)35)26-23(32)17-31(8)22-11-12-24-28(4,5)25(33)14-15-29(24,6)21(22)13-16-30(26,31)7/h11,13,18,20,23-26,32-33H,3,9-10,12,14-17H2,1-2,4-8H3,(H,34,35)/t20?,23-,24+,25+,26+,29-,30-,31+/m1/s1. The summed E-state index contributed by atoms with van der Waals surface area (Å²) in [6, 6.07) is 0. The van der Waals surface area contributed by atoms with Crippen LogP contribution in [0.5, 0.6) is 0 Å². The Morgan fingerprint density at radius 2 is 1.77 bits per heavy atom. The average molecular weight is 485 g/mol. The minimum atomic E-state index is -0.793. The van der Waals surface area contributed by atoms with Crippen LogP contribution in [0.1, 0.15) is 93.4 Å². The maximum absolute atomic E-state index is 12.6. The summed E-state index contributed by atoms with van der Waals surface area (Å²) in [5, 5.41) is 32.6. The molecule has 0 saturated heterocycles. The summed E-state index contributed by atoms with van der Waals surface area (Å²) < 4.78 is 0. The fourth-order valence-corrected chi connectivity index (χ4v) is 8.90. The van der Waals surface area contributed by atoms with E-state index in [1.165, 1.54) is 11.1 Å². The number of carboxylic acid groups (broad SMARTS) is 1. The average Bonchev–Trinajstić information content (AvgIpc) is 2.97. The molecular weight excluding hydrogens is 436 g/mol. The summed E-state index contributed by atoms with van der Waals surface area (Å²) in [5.74, 6) is -0.966. The topological polar surface area (TPSA) is 77.8 Å². The molecule has 4 nitrogen and oxygen atoms in total. The number of hydrogen-bond acceptors (Lipinski definition) is 3. The summed E-state index contributed by atoms with van der Waals surface area (Å²) >= 11 is 0. The first-order chi connectivity index (χ1) is 16.1. The van der Waals surface area contributed by atoms with Crippen molar-refractivity contribution in [3.63, 3.8) is 0 Å². The maximum atomic E-state index is 12.6. The Kier molecular flexibility index (Phi) is 6.54. The molecule has 0 aliphatic heterocycles. The molecule has 8 atom stereocenters. The number of aliphatic hydroxyl groups excluding tert-OH is 2. The largest absolute Gasteiger partial charge is 0.481 e. The lowest BCUT2D eigenvalue weighted by molar-refractivity contribution is -0.148. The van der Waals surface area contributed by atoms with Crippen LogP contribution in [0, 0.1) is 45.3 Å². The molecule has 4 aliphatic rings. The molecule has 2 saturated carbocycles. The van der Waals surface area contributed by atoms with Gasteiger partial charge in [-0.15, -0.1) is 0 Å². The molecule has 3 N–H and O–H groups in total. The summed E-state index contributed by atoms with van der Waals surface area (Å²) in [4.78, 5) is 12.6. The fraction of sp³-hybridized carbons (Fsp3) is 0.774. The Morgan fingerprint density at radius 3 is 2.37 bits per heavy atom. The highest BCUT2D eigenvalue weighted by molar-refractivity contribution is 5.71. The third-order valence-electron chi connectivity index (χ3n) is 11.6. The zero-order chi connectivity index (χ0) is 26.1. The molecule has 196 valence electrons. The summed E-state index contributed by atoms with van der Waals surface area (Å²) in [6.07, 6.45) is 9.19. The molecule has 0 spiro atoms. The van der Waals surface area contributed by atoms with Crippen molar-refractivity contribution in [3.05, 3.63) is 35.5 Å². The first-order valence-electron chi connectivity index (χ1n) is 13.8. The lowest BCUT2D eigenvalue weighted by Crippen LogP contribution is -2.54. The number of carbonyl (C=O) groups is 1. The zero-order valence-corrected chi connectivity index (χ0v) is 23.0. The number of rotatable bonds is 6. The zero-order valence-electron chi connectivity index (χ0n) is 23.0. The second-order valence-corrected chi connectivity index (χ2v) is 13.9. The van der Waals surface area contributed by atoms with E-state index in [2.05, 4.69) is 67.2 Å². The lowest BCUT2D eigenvalue weighted by atomic mass is 9.44. The molecule has 0 radical (unpaired) electrons. The minimum absolute atomic E-state index is 0.00139. The van der Waals surface area contributed by atoms with Gasteiger partial charge < -0.3 is 15.3 Å². The quantitative estimate of drug-likeness (QED) is 0.374. The van der Waals surface area contributed by atoms with E-state index in [-0.39, 0.29) is 33.7 Å². The second-order valence-electron chi connectivity index (χ2n) is 13.9. The number of fused-ring (bicyclic) bond motifs is 5. The van der Waals surface area contributed by atoms with Gasteiger partial charge in [-0.05, 0) is 84.2 Å². The van der Waals surface area contributed by atoms with Crippen LogP contribution >= 0.6 is 0 Å². The normalized spacial score (nSPS) is 42.9. The van der Waals surface area contributed by atoms with Crippen molar-refractivity contribution >= 4 is 5.97 Å². The van der Waals surface area contributed by atoms with Crippen LogP contribution in [0.3, 0.4) is 0 Å². The Hall–Kier alpha value is -1.39. The van der Waals surface area contributed by atoms with Gasteiger partial charge in [0.25, 0.3) is 0 Å². The van der Waals surface area contributed by atoms with Crippen molar-refractivity contribution in [2.45, 2.75) is 106 Å². The van der Waals surface area contributed by atoms with Gasteiger partial charge in [0.05, 0.1) is 18.1 Å². The number of aliphatic carboxylic acids is 1. The predicted octanol–water partition coefficient (Wildman–Crippen LogP) is 6.54. The highest BCUT2D eigenvalue weighted by Crippen LogP contribution is 2.71. The molecule has 35 heavy (non-hydrogen) atoms.